The second-order valence-electron chi connectivity index (χ2n) is 7.03. The number of benzene rings is 1. The van der Waals surface area contributed by atoms with Gasteiger partial charge in [-0.1, -0.05) is 30.4 Å². The molecule has 0 aliphatic carbocycles. The lowest BCUT2D eigenvalue weighted by atomic mass is 9.77. The van der Waals surface area contributed by atoms with Crippen molar-refractivity contribution in [3.8, 4) is 0 Å². The summed E-state index contributed by atoms with van der Waals surface area (Å²) < 4.78 is 11.5. The van der Waals surface area contributed by atoms with Crippen LogP contribution < -0.4 is 5.32 Å². The molecule has 4 heterocycles. The summed E-state index contributed by atoms with van der Waals surface area (Å²) in [6.45, 7) is 0.832. The van der Waals surface area contributed by atoms with E-state index >= 15 is 0 Å². The maximum atomic E-state index is 13.1. The lowest BCUT2D eigenvalue weighted by Crippen LogP contribution is -2.41. The molecule has 2 fully saturated rings. The summed E-state index contributed by atoms with van der Waals surface area (Å²) in [5, 5.41) is 2.92. The number of hydrogen-bond acceptors (Lipinski definition) is 4. The van der Waals surface area contributed by atoms with Crippen LogP contribution in [-0.4, -0.2) is 35.0 Å². The number of carbonyl (C=O) groups excluding carboxylic acids is 2. The largest absolute Gasteiger partial charge is 0.467 e. The first-order valence-corrected chi connectivity index (χ1v) is 8.71. The maximum absolute atomic E-state index is 13.1. The molecule has 1 spiro atoms. The van der Waals surface area contributed by atoms with E-state index in [1.54, 1.807) is 17.2 Å². The summed E-state index contributed by atoms with van der Waals surface area (Å²) in [4.78, 5) is 27.7. The van der Waals surface area contributed by atoms with E-state index in [1.807, 2.05) is 48.6 Å². The van der Waals surface area contributed by atoms with Gasteiger partial charge in [-0.25, -0.2) is 0 Å². The van der Waals surface area contributed by atoms with Crippen molar-refractivity contribution < 1.29 is 18.7 Å². The number of nitrogens with one attached hydrogen (secondary N) is 1. The quantitative estimate of drug-likeness (QED) is 0.858. The third-order valence-corrected chi connectivity index (χ3v) is 5.45. The molecule has 6 nitrogen and oxygen atoms in total. The van der Waals surface area contributed by atoms with Crippen LogP contribution in [-0.2, 0) is 20.9 Å². The summed E-state index contributed by atoms with van der Waals surface area (Å²) in [5.41, 5.74) is 0.0173. The molecule has 4 atom stereocenters. The highest BCUT2D eigenvalue weighted by Gasteiger charge is 2.66. The van der Waals surface area contributed by atoms with Gasteiger partial charge in [0, 0.05) is 5.69 Å². The van der Waals surface area contributed by atoms with E-state index in [-0.39, 0.29) is 17.9 Å². The Morgan fingerprint density at radius 3 is 2.85 bits per heavy atom. The van der Waals surface area contributed by atoms with Crippen LogP contribution in [0.25, 0.3) is 0 Å². The summed E-state index contributed by atoms with van der Waals surface area (Å²) in [6, 6.07) is 12.9. The number of ether oxygens (including phenoxy) is 1. The molecule has 1 N–H and O–H groups in total. The lowest BCUT2D eigenvalue weighted by Gasteiger charge is -2.23. The Balaban J connectivity index is 1.40. The van der Waals surface area contributed by atoms with Crippen molar-refractivity contribution in [2.75, 3.05) is 11.9 Å². The van der Waals surface area contributed by atoms with Crippen LogP contribution in [0.15, 0.2) is 65.3 Å². The van der Waals surface area contributed by atoms with Gasteiger partial charge in [0.2, 0.25) is 11.8 Å². The molecule has 6 heteroatoms. The maximum Gasteiger partial charge on any atom is 0.231 e. The van der Waals surface area contributed by atoms with Gasteiger partial charge in [-0.3, -0.25) is 9.59 Å². The zero-order valence-corrected chi connectivity index (χ0v) is 14.0. The van der Waals surface area contributed by atoms with Crippen LogP contribution in [0.3, 0.4) is 0 Å². The predicted molar refractivity (Wildman–Crippen MR) is 92.9 cm³/mol. The fourth-order valence-electron chi connectivity index (χ4n) is 4.35. The molecular weight excluding hydrogens is 332 g/mol. The summed E-state index contributed by atoms with van der Waals surface area (Å²) in [6.07, 6.45) is 5.11. The lowest BCUT2D eigenvalue weighted by molar-refractivity contribution is -0.136. The number of likely N-dealkylation sites (tertiary alicyclic amines) is 1. The fourth-order valence-corrected chi connectivity index (χ4v) is 4.35. The van der Waals surface area contributed by atoms with Crippen molar-refractivity contribution in [2.24, 2.45) is 11.8 Å². The van der Waals surface area contributed by atoms with Crippen molar-refractivity contribution in [3.05, 3.63) is 66.6 Å². The van der Waals surface area contributed by atoms with E-state index in [0.717, 1.165) is 11.4 Å². The number of nitrogens with zero attached hydrogens (tertiary/aromatic N) is 1. The van der Waals surface area contributed by atoms with E-state index in [0.29, 0.717) is 13.1 Å². The number of rotatable bonds is 4. The second-order valence-corrected chi connectivity index (χ2v) is 7.03. The van der Waals surface area contributed by atoms with Gasteiger partial charge in [0.25, 0.3) is 0 Å². The Morgan fingerprint density at radius 2 is 2.08 bits per heavy atom. The number of anilines is 1. The SMILES string of the molecule is O=C(Nc1ccccc1)[C@H]1[C@@H]2C=C[C@]3(CN(Cc4ccco4)C(=O)[C@H]13)O2. The fraction of sp³-hybridized carbons (Fsp3) is 0.300. The second kappa shape index (κ2) is 5.57. The molecule has 3 aliphatic rings. The van der Waals surface area contributed by atoms with Gasteiger partial charge in [0.1, 0.15) is 11.4 Å². The van der Waals surface area contributed by atoms with Crippen molar-refractivity contribution in [1.29, 1.82) is 0 Å². The minimum atomic E-state index is -0.701. The molecule has 26 heavy (non-hydrogen) atoms. The molecule has 1 aromatic heterocycles. The van der Waals surface area contributed by atoms with Crippen LogP contribution in [0.2, 0.25) is 0 Å². The summed E-state index contributed by atoms with van der Waals surface area (Å²) >= 11 is 0. The number of fused-ring (bicyclic) bond motifs is 1. The van der Waals surface area contributed by atoms with Gasteiger partial charge in [-0.05, 0) is 24.3 Å². The van der Waals surface area contributed by atoms with Crippen LogP contribution in [0.4, 0.5) is 5.69 Å². The molecule has 2 aromatic rings. The van der Waals surface area contributed by atoms with Crippen molar-refractivity contribution >= 4 is 17.5 Å². The van der Waals surface area contributed by atoms with Gasteiger partial charge in [-0.2, -0.15) is 0 Å². The Labute approximate surface area is 150 Å². The molecule has 0 unspecified atom stereocenters. The molecular formula is C20H18N2O4. The first-order chi connectivity index (χ1) is 12.7. The highest BCUT2D eigenvalue weighted by molar-refractivity contribution is 5.99. The van der Waals surface area contributed by atoms with E-state index in [4.69, 9.17) is 9.15 Å². The van der Waals surface area contributed by atoms with Gasteiger partial charge >= 0.3 is 0 Å². The first-order valence-electron chi connectivity index (χ1n) is 8.71. The Bertz CT molecular complexity index is 876. The van der Waals surface area contributed by atoms with E-state index < -0.39 is 17.4 Å². The minimum absolute atomic E-state index is 0.0542. The van der Waals surface area contributed by atoms with Crippen LogP contribution >= 0.6 is 0 Å². The molecule has 2 bridgehead atoms. The Morgan fingerprint density at radius 1 is 1.23 bits per heavy atom. The van der Waals surface area contributed by atoms with Crippen LogP contribution in [0.1, 0.15) is 5.76 Å². The average Bonchev–Trinajstić information content (AvgIpc) is 3.39. The smallest absolute Gasteiger partial charge is 0.231 e. The third kappa shape index (κ3) is 2.22. The molecule has 0 saturated carbocycles. The highest BCUT2D eigenvalue weighted by Crippen LogP contribution is 2.52. The molecule has 5 rings (SSSR count). The molecule has 132 valence electrons. The van der Waals surface area contributed by atoms with E-state index in [9.17, 15) is 9.59 Å². The standard InChI is InChI=1S/C20H18N2O4/c23-18(21-13-5-2-1-3-6-13)16-15-8-9-20(26-15)12-22(19(24)17(16)20)11-14-7-4-10-25-14/h1-10,15-17H,11-12H2,(H,21,23)/t15-,16-,17-,20+/m0/s1. The van der Waals surface area contributed by atoms with Crippen molar-refractivity contribution in [3.63, 3.8) is 0 Å². The van der Waals surface area contributed by atoms with Gasteiger partial charge in [0.05, 0.1) is 37.3 Å². The minimum Gasteiger partial charge on any atom is -0.467 e. The normalized spacial score (nSPS) is 31.5. The number of amides is 2. The molecule has 2 amide bonds. The average molecular weight is 350 g/mol. The monoisotopic (exact) mass is 350 g/mol. The number of para-hydroxylation sites is 1. The van der Waals surface area contributed by atoms with Gasteiger partial charge in [0.15, 0.2) is 0 Å². The molecule has 3 aliphatic heterocycles. The summed E-state index contributed by atoms with van der Waals surface area (Å²) in [5.74, 6) is -0.517. The Kier molecular flexibility index (Phi) is 3.30. The van der Waals surface area contributed by atoms with Gasteiger partial charge in [-0.15, -0.1) is 0 Å². The van der Waals surface area contributed by atoms with E-state index in [1.165, 1.54) is 0 Å². The zero-order chi connectivity index (χ0) is 17.7. The molecule has 1 aromatic carbocycles. The molecule has 2 saturated heterocycles. The zero-order valence-electron chi connectivity index (χ0n) is 14.0. The van der Waals surface area contributed by atoms with Crippen molar-refractivity contribution in [1.82, 2.24) is 4.90 Å². The van der Waals surface area contributed by atoms with E-state index in [2.05, 4.69) is 5.32 Å². The summed E-state index contributed by atoms with van der Waals surface area (Å²) in [7, 11) is 0. The van der Waals surface area contributed by atoms with Crippen LogP contribution in [0.5, 0.6) is 0 Å². The number of carbonyl (C=O) groups is 2. The number of furan rings is 1. The molecule has 0 radical (unpaired) electrons. The van der Waals surface area contributed by atoms with Crippen LogP contribution in [0, 0.1) is 11.8 Å². The third-order valence-electron chi connectivity index (χ3n) is 5.45. The highest BCUT2D eigenvalue weighted by atomic mass is 16.5. The first kappa shape index (κ1) is 15.4. The Hall–Kier alpha value is -2.86. The van der Waals surface area contributed by atoms with Gasteiger partial charge < -0.3 is 19.4 Å². The number of hydrogen-bond donors (Lipinski definition) is 1. The topological polar surface area (TPSA) is 71.8 Å². The van der Waals surface area contributed by atoms with Crippen molar-refractivity contribution in [2.45, 2.75) is 18.2 Å². The predicted octanol–water partition coefficient (Wildman–Crippen LogP) is 2.20.